The summed E-state index contributed by atoms with van der Waals surface area (Å²) in [5.74, 6) is 3.53. The summed E-state index contributed by atoms with van der Waals surface area (Å²) in [6, 6.07) is 0. The van der Waals surface area contributed by atoms with Crippen LogP contribution in [-0.2, 0) is 9.47 Å². The van der Waals surface area contributed by atoms with Gasteiger partial charge in [-0.05, 0) is 31.9 Å². The summed E-state index contributed by atoms with van der Waals surface area (Å²) in [6.45, 7) is 9.79. The van der Waals surface area contributed by atoms with Gasteiger partial charge in [0.15, 0.2) is 5.96 Å². The molecule has 0 aromatic heterocycles. The summed E-state index contributed by atoms with van der Waals surface area (Å²) in [7, 11) is 1.90. The third kappa shape index (κ3) is 5.62. The van der Waals surface area contributed by atoms with Gasteiger partial charge in [-0.15, -0.1) is 24.0 Å². The molecule has 8 heteroatoms. The standard InChI is InChI=1S/C18H34N4O2S.HI/c1-3-24-16-4-7-21(8-5-16)17(19-2)20-14-18(6-13-25-15-18)22-9-11-23-12-10-22;/h16H,3-15H2,1-2H3,(H,19,20);1H. The van der Waals surface area contributed by atoms with Gasteiger partial charge in [-0.25, -0.2) is 0 Å². The molecule has 0 bridgehead atoms. The first-order chi connectivity index (χ1) is 12.3. The first-order valence-electron chi connectivity index (χ1n) is 9.75. The van der Waals surface area contributed by atoms with Crippen molar-refractivity contribution in [2.24, 2.45) is 4.99 Å². The quantitative estimate of drug-likeness (QED) is 0.355. The van der Waals surface area contributed by atoms with E-state index in [9.17, 15) is 0 Å². The molecule has 0 saturated carbocycles. The summed E-state index contributed by atoms with van der Waals surface area (Å²) < 4.78 is 11.3. The summed E-state index contributed by atoms with van der Waals surface area (Å²) in [5.41, 5.74) is 0.258. The Balaban J connectivity index is 0.00000243. The minimum Gasteiger partial charge on any atom is -0.379 e. The van der Waals surface area contributed by atoms with Crippen LogP contribution < -0.4 is 5.32 Å². The molecule has 3 aliphatic rings. The maximum Gasteiger partial charge on any atom is 0.193 e. The highest BCUT2D eigenvalue weighted by molar-refractivity contribution is 14.0. The van der Waals surface area contributed by atoms with Crippen molar-refractivity contribution in [3.8, 4) is 0 Å². The van der Waals surface area contributed by atoms with Crippen molar-refractivity contribution in [1.82, 2.24) is 15.1 Å². The molecule has 3 fully saturated rings. The molecule has 1 atom stereocenters. The molecule has 0 radical (unpaired) electrons. The zero-order valence-corrected chi connectivity index (χ0v) is 19.4. The van der Waals surface area contributed by atoms with Crippen LogP contribution in [0.1, 0.15) is 26.2 Å². The van der Waals surface area contributed by atoms with E-state index in [1.165, 1.54) is 17.9 Å². The van der Waals surface area contributed by atoms with Crippen LogP contribution in [0.4, 0.5) is 0 Å². The lowest BCUT2D eigenvalue weighted by atomic mass is 9.95. The molecule has 3 rings (SSSR count). The minimum atomic E-state index is 0. The summed E-state index contributed by atoms with van der Waals surface area (Å²) in [6.07, 6.45) is 3.87. The zero-order chi connectivity index (χ0) is 17.5. The number of nitrogens with zero attached hydrogens (tertiary/aromatic N) is 3. The van der Waals surface area contributed by atoms with Gasteiger partial charge in [0.2, 0.25) is 0 Å². The van der Waals surface area contributed by atoms with E-state index >= 15 is 0 Å². The number of nitrogens with one attached hydrogen (secondary N) is 1. The number of halogens is 1. The predicted molar refractivity (Wildman–Crippen MR) is 120 cm³/mol. The largest absolute Gasteiger partial charge is 0.379 e. The zero-order valence-electron chi connectivity index (χ0n) is 16.2. The molecule has 26 heavy (non-hydrogen) atoms. The molecule has 3 saturated heterocycles. The number of thioether (sulfide) groups is 1. The lowest BCUT2D eigenvalue weighted by molar-refractivity contribution is -0.0123. The molecule has 6 nitrogen and oxygen atoms in total. The minimum absolute atomic E-state index is 0. The average molecular weight is 498 g/mol. The number of ether oxygens (including phenoxy) is 2. The molecule has 3 heterocycles. The van der Waals surface area contributed by atoms with Crippen molar-refractivity contribution < 1.29 is 9.47 Å². The first kappa shape index (κ1) is 22.5. The molecule has 0 aliphatic carbocycles. The topological polar surface area (TPSA) is 49.3 Å². The van der Waals surface area contributed by atoms with Crippen molar-refractivity contribution in [1.29, 1.82) is 0 Å². The van der Waals surface area contributed by atoms with Gasteiger partial charge in [-0.2, -0.15) is 11.8 Å². The monoisotopic (exact) mass is 498 g/mol. The van der Waals surface area contributed by atoms with Crippen LogP contribution in [0.5, 0.6) is 0 Å². The Morgan fingerprint density at radius 3 is 2.58 bits per heavy atom. The number of aliphatic imine (C=N–C) groups is 1. The molecule has 3 aliphatic heterocycles. The maximum absolute atomic E-state index is 5.77. The second-order valence-electron chi connectivity index (χ2n) is 7.17. The van der Waals surface area contributed by atoms with E-state index < -0.39 is 0 Å². The second kappa shape index (κ2) is 11.3. The summed E-state index contributed by atoms with van der Waals surface area (Å²) in [4.78, 5) is 9.60. The predicted octanol–water partition coefficient (Wildman–Crippen LogP) is 1.89. The Kier molecular flexibility index (Phi) is 9.77. The molecule has 1 unspecified atom stereocenters. The number of hydrogen-bond acceptors (Lipinski definition) is 5. The fourth-order valence-corrected chi connectivity index (χ4v) is 5.66. The second-order valence-corrected chi connectivity index (χ2v) is 8.27. The molecule has 0 aromatic carbocycles. The lowest BCUT2D eigenvalue weighted by Gasteiger charge is -2.44. The molecule has 152 valence electrons. The van der Waals surface area contributed by atoms with Gasteiger partial charge in [0.25, 0.3) is 0 Å². The van der Waals surface area contributed by atoms with Gasteiger partial charge in [-0.3, -0.25) is 9.89 Å². The number of piperidine rings is 1. The van der Waals surface area contributed by atoms with Gasteiger partial charge in [-0.1, -0.05) is 0 Å². The van der Waals surface area contributed by atoms with E-state index in [2.05, 4.69) is 38.8 Å². The Bertz CT molecular complexity index is 435. The number of guanidine groups is 1. The highest BCUT2D eigenvalue weighted by Gasteiger charge is 2.41. The van der Waals surface area contributed by atoms with E-state index in [-0.39, 0.29) is 29.5 Å². The van der Waals surface area contributed by atoms with Gasteiger partial charge in [0, 0.05) is 57.7 Å². The summed E-state index contributed by atoms with van der Waals surface area (Å²) in [5, 5.41) is 3.71. The van der Waals surface area contributed by atoms with E-state index in [1.807, 2.05) is 7.05 Å². The van der Waals surface area contributed by atoms with Crippen LogP contribution in [0.2, 0.25) is 0 Å². The van der Waals surface area contributed by atoms with Crippen molar-refractivity contribution >= 4 is 41.7 Å². The highest BCUT2D eigenvalue weighted by Crippen LogP contribution is 2.33. The van der Waals surface area contributed by atoms with Gasteiger partial charge in [0.1, 0.15) is 0 Å². The van der Waals surface area contributed by atoms with Crippen LogP contribution in [-0.4, -0.2) is 98.5 Å². The third-order valence-electron chi connectivity index (χ3n) is 5.70. The average Bonchev–Trinajstić information content (AvgIpc) is 3.15. The fraction of sp³-hybridized carbons (Fsp3) is 0.944. The number of rotatable bonds is 5. The van der Waals surface area contributed by atoms with Crippen molar-refractivity contribution in [2.75, 3.05) is 71.1 Å². The van der Waals surface area contributed by atoms with Crippen molar-refractivity contribution in [2.45, 2.75) is 37.8 Å². The van der Waals surface area contributed by atoms with E-state index in [4.69, 9.17) is 9.47 Å². The van der Waals surface area contributed by atoms with Crippen molar-refractivity contribution in [3.63, 3.8) is 0 Å². The molecule has 0 spiro atoms. The molecular formula is C18H35IN4O2S. The van der Waals surface area contributed by atoms with Crippen molar-refractivity contribution in [3.05, 3.63) is 0 Å². The Morgan fingerprint density at radius 1 is 1.27 bits per heavy atom. The van der Waals surface area contributed by atoms with Crippen LogP contribution in [0.15, 0.2) is 4.99 Å². The molecular weight excluding hydrogens is 463 g/mol. The SMILES string of the molecule is CCOC1CCN(C(=NC)NCC2(N3CCOCC3)CCSC2)CC1.I. The molecule has 0 aromatic rings. The van der Waals surface area contributed by atoms with Crippen LogP contribution in [0.3, 0.4) is 0 Å². The van der Waals surface area contributed by atoms with Gasteiger partial charge in [0.05, 0.1) is 19.3 Å². The summed E-state index contributed by atoms with van der Waals surface area (Å²) >= 11 is 2.08. The van der Waals surface area contributed by atoms with Gasteiger partial charge >= 0.3 is 0 Å². The van der Waals surface area contributed by atoms with E-state index in [0.717, 1.165) is 71.3 Å². The number of likely N-dealkylation sites (tertiary alicyclic amines) is 1. The highest BCUT2D eigenvalue weighted by atomic mass is 127. The van der Waals surface area contributed by atoms with Crippen LogP contribution in [0.25, 0.3) is 0 Å². The third-order valence-corrected chi connectivity index (χ3v) is 6.93. The fourth-order valence-electron chi connectivity index (χ4n) is 4.18. The molecule has 0 amide bonds. The first-order valence-corrected chi connectivity index (χ1v) is 10.9. The van der Waals surface area contributed by atoms with Crippen LogP contribution >= 0.6 is 35.7 Å². The van der Waals surface area contributed by atoms with E-state index in [0.29, 0.717) is 6.10 Å². The lowest BCUT2D eigenvalue weighted by Crippen LogP contribution is -2.60. The van der Waals surface area contributed by atoms with Gasteiger partial charge < -0.3 is 19.7 Å². The smallest absolute Gasteiger partial charge is 0.193 e. The number of morpholine rings is 1. The Morgan fingerprint density at radius 2 is 2.00 bits per heavy atom. The maximum atomic E-state index is 5.77. The normalized spacial score (nSPS) is 28.8. The molecule has 1 N–H and O–H groups in total. The Hall–Kier alpha value is 0.230. The van der Waals surface area contributed by atoms with Crippen LogP contribution in [0, 0.1) is 0 Å². The number of hydrogen-bond donors (Lipinski definition) is 1. The Labute approximate surface area is 179 Å². The van der Waals surface area contributed by atoms with E-state index in [1.54, 1.807) is 0 Å².